The van der Waals surface area contributed by atoms with Crippen molar-refractivity contribution >= 4 is 29.9 Å². The van der Waals surface area contributed by atoms with Gasteiger partial charge in [-0.25, -0.2) is 0 Å². The second-order valence-electron chi connectivity index (χ2n) is 5.96. The van der Waals surface area contributed by atoms with Gasteiger partial charge in [0, 0.05) is 25.2 Å². The molecule has 0 saturated carbocycles. The molecule has 1 saturated heterocycles. The van der Waals surface area contributed by atoms with Crippen LogP contribution >= 0.6 is 12.4 Å². The van der Waals surface area contributed by atoms with Crippen molar-refractivity contribution in [2.75, 3.05) is 18.4 Å². The number of carbonyl (C=O) groups excluding carboxylic acids is 2. The number of para-hydroxylation sites is 1. The lowest BCUT2D eigenvalue weighted by molar-refractivity contribution is -0.130. The van der Waals surface area contributed by atoms with Crippen molar-refractivity contribution in [3.8, 4) is 0 Å². The Labute approximate surface area is 153 Å². The van der Waals surface area contributed by atoms with Gasteiger partial charge in [0.25, 0.3) is 0 Å². The zero-order valence-electron chi connectivity index (χ0n) is 13.8. The molecule has 0 aromatic heterocycles. The monoisotopic (exact) mass is 359 g/mol. The second-order valence-corrected chi connectivity index (χ2v) is 5.96. The van der Waals surface area contributed by atoms with Crippen molar-refractivity contribution in [1.29, 1.82) is 0 Å². The third-order valence-electron chi connectivity index (χ3n) is 4.11. The number of benzene rings is 2. The molecule has 2 aromatic carbocycles. The predicted octanol–water partition coefficient (Wildman–Crippen LogP) is 1.99. The van der Waals surface area contributed by atoms with Crippen LogP contribution < -0.4 is 16.0 Å². The summed E-state index contributed by atoms with van der Waals surface area (Å²) in [4.78, 5) is 24.9. The van der Waals surface area contributed by atoms with E-state index in [2.05, 4.69) is 16.0 Å². The van der Waals surface area contributed by atoms with Gasteiger partial charge in [0.05, 0.1) is 5.92 Å². The molecule has 0 radical (unpaired) electrons. The first-order valence-electron chi connectivity index (χ1n) is 8.13. The van der Waals surface area contributed by atoms with Crippen molar-refractivity contribution in [2.45, 2.75) is 12.5 Å². The Morgan fingerprint density at radius 3 is 2.16 bits per heavy atom. The molecule has 6 heteroatoms. The number of hydrogen-bond donors (Lipinski definition) is 3. The van der Waals surface area contributed by atoms with E-state index < -0.39 is 6.04 Å². The van der Waals surface area contributed by atoms with Crippen molar-refractivity contribution in [2.24, 2.45) is 5.92 Å². The van der Waals surface area contributed by atoms with Crippen LogP contribution in [0.4, 0.5) is 5.69 Å². The fraction of sp³-hybridized carbons (Fsp3) is 0.263. The van der Waals surface area contributed by atoms with Crippen molar-refractivity contribution in [3.05, 3.63) is 66.2 Å². The highest BCUT2D eigenvalue weighted by Crippen LogP contribution is 2.10. The number of halogens is 1. The standard InChI is InChI=1S/C19H21N3O2.ClH/c23-18(15-12-20-13-15)22-17(11-14-7-3-1-4-8-14)19(24)21-16-9-5-2-6-10-16;/h1-10,15,17,20H,11-13H2,(H,21,24)(H,22,23);1H. The summed E-state index contributed by atoms with van der Waals surface area (Å²) in [5.74, 6) is -0.323. The zero-order chi connectivity index (χ0) is 16.8. The quantitative estimate of drug-likeness (QED) is 0.738. The van der Waals surface area contributed by atoms with Crippen LogP contribution in [0.15, 0.2) is 60.7 Å². The Morgan fingerprint density at radius 1 is 1.00 bits per heavy atom. The molecule has 3 rings (SSSR count). The summed E-state index contributed by atoms with van der Waals surface area (Å²) < 4.78 is 0. The highest BCUT2D eigenvalue weighted by Gasteiger charge is 2.29. The van der Waals surface area contributed by atoms with Gasteiger partial charge in [-0.3, -0.25) is 9.59 Å². The maximum absolute atomic E-state index is 12.6. The maximum atomic E-state index is 12.6. The minimum Gasteiger partial charge on any atom is -0.344 e. The summed E-state index contributed by atoms with van der Waals surface area (Å²) >= 11 is 0. The normalized spacial score (nSPS) is 14.6. The maximum Gasteiger partial charge on any atom is 0.247 e. The summed E-state index contributed by atoms with van der Waals surface area (Å²) in [5.41, 5.74) is 1.73. The third kappa shape index (κ3) is 5.31. The van der Waals surface area contributed by atoms with Crippen LogP contribution in [0.1, 0.15) is 5.56 Å². The largest absolute Gasteiger partial charge is 0.344 e. The molecule has 2 aromatic rings. The van der Waals surface area contributed by atoms with Crippen molar-refractivity contribution in [1.82, 2.24) is 10.6 Å². The van der Waals surface area contributed by atoms with E-state index in [1.54, 1.807) is 0 Å². The van der Waals surface area contributed by atoms with Gasteiger partial charge in [-0.05, 0) is 17.7 Å². The molecule has 5 nitrogen and oxygen atoms in total. The predicted molar refractivity (Wildman–Crippen MR) is 101 cm³/mol. The first kappa shape index (κ1) is 19.0. The highest BCUT2D eigenvalue weighted by molar-refractivity contribution is 5.97. The van der Waals surface area contributed by atoms with Gasteiger partial charge in [0.15, 0.2) is 0 Å². The highest BCUT2D eigenvalue weighted by atomic mass is 35.5. The summed E-state index contributed by atoms with van der Waals surface area (Å²) in [6.45, 7) is 1.34. The molecule has 1 heterocycles. The Kier molecular flexibility index (Phi) is 6.98. The lowest BCUT2D eigenvalue weighted by atomic mass is 10.00. The molecule has 25 heavy (non-hydrogen) atoms. The molecule has 0 aliphatic carbocycles. The number of carbonyl (C=O) groups is 2. The van der Waals surface area contributed by atoms with Crippen molar-refractivity contribution < 1.29 is 9.59 Å². The summed E-state index contributed by atoms with van der Waals surface area (Å²) in [6, 6.07) is 18.4. The Hall–Kier alpha value is -2.37. The molecule has 2 amide bonds. The van der Waals surface area contributed by atoms with Gasteiger partial charge in [-0.15, -0.1) is 12.4 Å². The summed E-state index contributed by atoms with van der Waals surface area (Å²) in [7, 11) is 0. The van der Waals surface area contributed by atoms with Crippen LogP contribution in [0, 0.1) is 5.92 Å². The van der Waals surface area contributed by atoms with E-state index in [-0.39, 0.29) is 30.1 Å². The van der Waals surface area contributed by atoms with Crippen LogP contribution in [-0.4, -0.2) is 30.9 Å². The van der Waals surface area contributed by atoms with E-state index in [0.29, 0.717) is 19.5 Å². The average Bonchev–Trinajstić information content (AvgIpc) is 2.54. The van der Waals surface area contributed by atoms with E-state index in [0.717, 1.165) is 11.3 Å². The lowest BCUT2D eigenvalue weighted by Crippen LogP contribution is -2.55. The number of amides is 2. The molecule has 1 aliphatic heterocycles. The molecule has 0 spiro atoms. The third-order valence-corrected chi connectivity index (χ3v) is 4.11. The van der Waals surface area contributed by atoms with E-state index in [4.69, 9.17) is 0 Å². The van der Waals surface area contributed by atoms with Gasteiger partial charge < -0.3 is 16.0 Å². The lowest BCUT2D eigenvalue weighted by Gasteiger charge is -2.28. The Bertz CT molecular complexity index is 690. The molecule has 132 valence electrons. The van der Waals surface area contributed by atoms with E-state index in [1.165, 1.54) is 0 Å². The first-order valence-corrected chi connectivity index (χ1v) is 8.13. The number of anilines is 1. The minimum atomic E-state index is -0.597. The van der Waals surface area contributed by atoms with Gasteiger partial charge in [-0.2, -0.15) is 0 Å². The molecule has 1 aliphatic rings. The Balaban J connectivity index is 0.00000225. The first-order chi connectivity index (χ1) is 11.7. The van der Waals surface area contributed by atoms with Crippen LogP contribution in [-0.2, 0) is 16.0 Å². The molecule has 0 bridgehead atoms. The zero-order valence-corrected chi connectivity index (χ0v) is 14.6. The van der Waals surface area contributed by atoms with Gasteiger partial charge in [0.2, 0.25) is 11.8 Å². The average molecular weight is 360 g/mol. The summed E-state index contributed by atoms with van der Waals surface area (Å²) in [5, 5.41) is 8.84. The van der Waals surface area contributed by atoms with Gasteiger partial charge in [0.1, 0.15) is 6.04 Å². The molecular formula is C19H22ClN3O2. The van der Waals surface area contributed by atoms with Crippen LogP contribution in [0.3, 0.4) is 0 Å². The van der Waals surface area contributed by atoms with Crippen LogP contribution in [0.25, 0.3) is 0 Å². The van der Waals surface area contributed by atoms with Crippen LogP contribution in [0.5, 0.6) is 0 Å². The van der Waals surface area contributed by atoms with Gasteiger partial charge >= 0.3 is 0 Å². The molecule has 1 atom stereocenters. The molecule has 1 unspecified atom stereocenters. The van der Waals surface area contributed by atoms with Gasteiger partial charge in [-0.1, -0.05) is 48.5 Å². The number of nitrogens with one attached hydrogen (secondary N) is 3. The van der Waals surface area contributed by atoms with E-state index in [1.807, 2.05) is 60.7 Å². The van der Waals surface area contributed by atoms with E-state index >= 15 is 0 Å². The smallest absolute Gasteiger partial charge is 0.247 e. The fourth-order valence-electron chi connectivity index (χ4n) is 2.57. The topological polar surface area (TPSA) is 70.2 Å². The van der Waals surface area contributed by atoms with E-state index in [9.17, 15) is 9.59 Å². The molecular weight excluding hydrogens is 338 g/mol. The number of rotatable bonds is 6. The van der Waals surface area contributed by atoms with Crippen LogP contribution in [0.2, 0.25) is 0 Å². The second kappa shape index (κ2) is 9.20. The van der Waals surface area contributed by atoms with Crippen molar-refractivity contribution in [3.63, 3.8) is 0 Å². The molecule has 3 N–H and O–H groups in total. The summed E-state index contributed by atoms with van der Waals surface area (Å²) in [6.07, 6.45) is 0.464. The Morgan fingerprint density at radius 2 is 1.60 bits per heavy atom. The fourth-order valence-corrected chi connectivity index (χ4v) is 2.57. The molecule has 1 fully saturated rings. The SMILES string of the molecule is Cl.O=C(NC(Cc1ccccc1)C(=O)Nc1ccccc1)C1CNC1. The minimum absolute atomic E-state index is 0. The number of hydrogen-bond acceptors (Lipinski definition) is 3.